The van der Waals surface area contributed by atoms with Gasteiger partial charge in [0, 0.05) is 38.9 Å². The molecule has 0 fully saturated rings. The third-order valence-electron chi connectivity index (χ3n) is 13.1. The molecule has 0 saturated heterocycles. The van der Waals surface area contributed by atoms with Crippen LogP contribution in [0.3, 0.4) is 0 Å². The van der Waals surface area contributed by atoms with Crippen molar-refractivity contribution in [3.63, 3.8) is 0 Å². The van der Waals surface area contributed by atoms with E-state index < -0.39 is 5.41 Å². The number of hydrogen-bond donors (Lipinski definition) is 0. The van der Waals surface area contributed by atoms with Gasteiger partial charge >= 0.3 is 0 Å². The largest absolute Gasteiger partial charge is 0.254 e. The van der Waals surface area contributed by atoms with Gasteiger partial charge in [0.05, 0.1) is 33.4 Å². The van der Waals surface area contributed by atoms with Crippen LogP contribution < -0.4 is 0 Å². The lowest BCUT2D eigenvalue weighted by Crippen LogP contribution is -2.28. The molecule has 13 rings (SSSR count). The zero-order chi connectivity index (χ0) is 40.1. The average Bonchev–Trinajstić information content (AvgIpc) is 3.64. The molecule has 1 aliphatic rings. The molecule has 3 aromatic heterocycles. The minimum Gasteiger partial charge on any atom is -0.254 e. The number of nitrogens with zero attached hydrogens (tertiary/aromatic N) is 3. The molecule has 0 amide bonds. The van der Waals surface area contributed by atoms with Crippen LogP contribution in [0, 0.1) is 0 Å². The van der Waals surface area contributed by atoms with Gasteiger partial charge in [-0.15, -0.1) is 0 Å². The molecular formula is C58H35N3. The molecule has 0 spiro atoms. The fourth-order valence-electron chi connectivity index (χ4n) is 10.5. The van der Waals surface area contributed by atoms with E-state index in [0.717, 1.165) is 66.0 Å². The number of benzene rings is 9. The minimum atomic E-state index is -0.555. The number of pyridine rings is 3. The van der Waals surface area contributed by atoms with Crippen LogP contribution in [0.5, 0.6) is 0 Å². The molecule has 12 aromatic rings. The lowest BCUT2D eigenvalue weighted by Gasteiger charge is -2.35. The Morgan fingerprint density at radius 1 is 0.361 bits per heavy atom. The van der Waals surface area contributed by atoms with Crippen molar-refractivity contribution < 1.29 is 0 Å². The van der Waals surface area contributed by atoms with E-state index >= 15 is 0 Å². The second-order valence-corrected chi connectivity index (χ2v) is 16.2. The predicted molar refractivity (Wildman–Crippen MR) is 253 cm³/mol. The second kappa shape index (κ2) is 13.0. The van der Waals surface area contributed by atoms with Crippen molar-refractivity contribution in [1.82, 2.24) is 15.0 Å². The second-order valence-electron chi connectivity index (χ2n) is 16.2. The van der Waals surface area contributed by atoms with Crippen LogP contribution >= 0.6 is 0 Å². The fourth-order valence-corrected chi connectivity index (χ4v) is 10.5. The molecule has 9 aromatic carbocycles. The Bertz CT molecular complexity index is 3720. The zero-order valence-corrected chi connectivity index (χ0v) is 33.0. The van der Waals surface area contributed by atoms with E-state index in [1.807, 2.05) is 12.3 Å². The SMILES string of the molecule is c1ccc(C2(c3ccccc3)c3ccccc3-c3ccc4nc(-c5ccc(-c6ccc7ccc8cccnc8c7n6)c6cc7ccccc7cc56)c5ccccc5c4c32)cc1. The van der Waals surface area contributed by atoms with Gasteiger partial charge < -0.3 is 0 Å². The Hall–Kier alpha value is -8.01. The summed E-state index contributed by atoms with van der Waals surface area (Å²) in [5, 5.41) is 10.3. The third-order valence-corrected chi connectivity index (χ3v) is 13.1. The lowest BCUT2D eigenvalue weighted by atomic mass is 9.66. The maximum Gasteiger partial charge on any atom is 0.0972 e. The van der Waals surface area contributed by atoms with E-state index in [1.165, 1.54) is 54.9 Å². The fraction of sp³-hybridized carbons (Fsp3) is 0.0172. The molecule has 3 nitrogen and oxygen atoms in total. The van der Waals surface area contributed by atoms with Crippen LogP contribution in [0.1, 0.15) is 22.3 Å². The van der Waals surface area contributed by atoms with E-state index in [9.17, 15) is 0 Å². The van der Waals surface area contributed by atoms with Crippen molar-refractivity contribution in [3.8, 4) is 33.6 Å². The van der Waals surface area contributed by atoms with E-state index in [1.54, 1.807) is 0 Å². The maximum absolute atomic E-state index is 5.75. The van der Waals surface area contributed by atoms with Gasteiger partial charge in [-0.05, 0) is 90.6 Å². The number of hydrogen-bond acceptors (Lipinski definition) is 3. The highest BCUT2D eigenvalue weighted by Crippen LogP contribution is 2.59. The highest BCUT2D eigenvalue weighted by Gasteiger charge is 2.47. The number of aromatic nitrogens is 3. The first-order valence-electron chi connectivity index (χ1n) is 20.9. The Morgan fingerprint density at radius 3 is 1.72 bits per heavy atom. The van der Waals surface area contributed by atoms with Crippen LogP contribution in [-0.4, -0.2) is 15.0 Å². The summed E-state index contributed by atoms with van der Waals surface area (Å²) in [5.74, 6) is 0. The summed E-state index contributed by atoms with van der Waals surface area (Å²) in [6, 6.07) is 75.0. The highest BCUT2D eigenvalue weighted by molar-refractivity contribution is 6.19. The maximum atomic E-state index is 5.75. The van der Waals surface area contributed by atoms with Crippen LogP contribution in [0.4, 0.5) is 0 Å². The minimum absolute atomic E-state index is 0.555. The van der Waals surface area contributed by atoms with Crippen molar-refractivity contribution in [2.75, 3.05) is 0 Å². The van der Waals surface area contributed by atoms with E-state index in [0.29, 0.717) is 0 Å². The van der Waals surface area contributed by atoms with Crippen molar-refractivity contribution in [2.45, 2.75) is 5.41 Å². The van der Waals surface area contributed by atoms with E-state index in [4.69, 9.17) is 15.0 Å². The number of rotatable bonds is 4. The Kier molecular flexibility index (Phi) is 7.22. The summed E-state index contributed by atoms with van der Waals surface area (Å²) in [5.41, 5.74) is 13.9. The zero-order valence-electron chi connectivity index (χ0n) is 33.0. The Morgan fingerprint density at radius 2 is 0.951 bits per heavy atom. The summed E-state index contributed by atoms with van der Waals surface area (Å²) in [6.45, 7) is 0. The Labute approximate surface area is 352 Å². The molecule has 0 atom stereocenters. The van der Waals surface area contributed by atoms with Gasteiger partial charge in [-0.2, -0.15) is 0 Å². The van der Waals surface area contributed by atoms with Gasteiger partial charge in [-0.1, -0.05) is 176 Å². The molecule has 0 aliphatic heterocycles. The summed E-state index contributed by atoms with van der Waals surface area (Å²) >= 11 is 0. The van der Waals surface area contributed by atoms with Gasteiger partial charge in [0.2, 0.25) is 0 Å². The van der Waals surface area contributed by atoms with Crippen LogP contribution in [0.2, 0.25) is 0 Å². The molecular weight excluding hydrogens is 739 g/mol. The first-order chi connectivity index (χ1) is 30.3. The van der Waals surface area contributed by atoms with Crippen molar-refractivity contribution in [2.24, 2.45) is 0 Å². The van der Waals surface area contributed by atoms with Crippen LogP contribution in [0.25, 0.3) is 98.7 Å². The van der Waals surface area contributed by atoms with Crippen molar-refractivity contribution in [3.05, 3.63) is 235 Å². The van der Waals surface area contributed by atoms with Gasteiger partial charge in [0.25, 0.3) is 0 Å². The topological polar surface area (TPSA) is 38.7 Å². The summed E-state index contributed by atoms with van der Waals surface area (Å²) in [7, 11) is 0. The standard InChI is InChI=1S/C58H35N3/c1-3-17-40(18-4-1)58(41-19-5-2-6-20-41)50-24-12-11-21-42(50)45-30-32-52-53(54(45)58)44-22-9-10-23-46(44)57(61-52)47-29-28-43(48-34-38-14-7-8-15-39(38)35-49(47)48)51-31-27-37-26-25-36-16-13-33-59-55(36)56(37)60-51/h1-35H. The highest BCUT2D eigenvalue weighted by atomic mass is 14.8. The monoisotopic (exact) mass is 773 g/mol. The summed E-state index contributed by atoms with van der Waals surface area (Å²) in [4.78, 5) is 15.8. The summed E-state index contributed by atoms with van der Waals surface area (Å²) in [6.07, 6.45) is 1.85. The van der Waals surface area contributed by atoms with Gasteiger partial charge in [0.1, 0.15) is 0 Å². The first kappa shape index (κ1) is 33.9. The molecule has 0 N–H and O–H groups in total. The molecule has 61 heavy (non-hydrogen) atoms. The van der Waals surface area contributed by atoms with E-state index in [2.05, 4.69) is 200 Å². The van der Waals surface area contributed by atoms with Gasteiger partial charge in [-0.3, -0.25) is 4.98 Å². The molecule has 0 bridgehead atoms. The normalized spacial score (nSPS) is 13.0. The molecule has 3 heteroatoms. The average molecular weight is 774 g/mol. The van der Waals surface area contributed by atoms with Crippen LogP contribution in [-0.2, 0) is 5.41 Å². The smallest absolute Gasteiger partial charge is 0.0972 e. The Balaban J connectivity index is 1.12. The predicted octanol–water partition coefficient (Wildman–Crippen LogP) is 14.5. The molecule has 1 aliphatic carbocycles. The summed E-state index contributed by atoms with van der Waals surface area (Å²) < 4.78 is 0. The molecule has 282 valence electrons. The number of fused-ring (bicyclic) bond motifs is 12. The lowest BCUT2D eigenvalue weighted by molar-refractivity contribution is 0.776. The molecule has 0 unspecified atom stereocenters. The molecule has 3 heterocycles. The van der Waals surface area contributed by atoms with Gasteiger partial charge in [-0.25, -0.2) is 9.97 Å². The molecule has 0 saturated carbocycles. The van der Waals surface area contributed by atoms with Gasteiger partial charge in [0.15, 0.2) is 0 Å². The van der Waals surface area contributed by atoms with E-state index in [-0.39, 0.29) is 0 Å². The first-order valence-corrected chi connectivity index (χ1v) is 20.9. The van der Waals surface area contributed by atoms with Crippen molar-refractivity contribution in [1.29, 1.82) is 0 Å². The molecule has 0 radical (unpaired) electrons. The third kappa shape index (κ3) is 4.83. The quantitative estimate of drug-likeness (QED) is 0.132. The van der Waals surface area contributed by atoms with Crippen LogP contribution in [0.15, 0.2) is 212 Å². The van der Waals surface area contributed by atoms with Crippen molar-refractivity contribution >= 4 is 65.0 Å².